The quantitative estimate of drug-likeness (QED) is 0.745. The summed E-state index contributed by atoms with van der Waals surface area (Å²) >= 11 is 3.65. The van der Waals surface area contributed by atoms with Crippen LogP contribution in [0.4, 0.5) is 11.4 Å². The summed E-state index contributed by atoms with van der Waals surface area (Å²) in [5.41, 5.74) is 2.00. The third kappa shape index (κ3) is 3.21. The van der Waals surface area contributed by atoms with E-state index in [0.717, 1.165) is 14.2 Å². The summed E-state index contributed by atoms with van der Waals surface area (Å²) in [7, 11) is 0. The van der Waals surface area contributed by atoms with E-state index in [9.17, 15) is 9.59 Å². The SMILES string of the molecule is O=C1CSc2ccc(C(=O)Nc3ccccc3I)cc2N1. The normalized spacial score (nSPS) is 13.3. The highest BCUT2D eigenvalue weighted by molar-refractivity contribution is 14.1. The molecule has 0 bridgehead atoms. The fourth-order valence-corrected chi connectivity index (χ4v) is 3.29. The van der Waals surface area contributed by atoms with Gasteiger partial charge in [-0.3, -0.25) is 9.59 Å². The average molecular weight is 410 g/mol. The molecule has 0 spiro atoms. The minimum absolute atomic E-state index is 0.0392. The van der Waals surface area contributed by atoms with Crippen molar-refractivity contribution in [2.45, 2.75) is 4.90 Å². The molecule has 4 nitrogen and oxygen atoms in total. The van der Waals surface area contributed by atoms with Crippen LogP contribution in [0.3, 0.4) is 0 Å². The van der Waals surface area contributed by atoms with Crippen molar-refractivity contribution in [2.75, 3.05) is 16.4 Å². The molecule has 0 radical (unpaired) electrons. The van der Waals surface area contributed by atoms with E-state index in [1.54, 1.807) is 12.1 Å². The van der Waals surface area contributed by atoms with Gasteiger partial charge in [0.05, 0.1) is 17.1 Å². The molecule has 0 atom stereocenters. The van der Waals surface area contributed by atoms with Crippen molar-refractivity contribution in [1.82, 2.24) is 0 Å². The molecule has 106 valence electrons. The van der Waals surface area contributed by atoms with Gasteiger partial charge in [-0.05, 0) is 52.9 Å². The molecule has 1 heterocycles. The molecule has 0 saturated carbocycles. The molecule has 2 aromatic carbocycles. The Labute approximate surface area is 139 Å². The van der Waals surface area contributed by atoms with Crippen LogP contribution in [0.5, 0.6) is 0 Å². The van der Waals surface area contributed by atoms with Crippen LogP contribution < -0.4 is 10.6 Å². The zero-order valence-electron chi connectivity index (χ0n) is 10.9. The Balaban J connectivity index is 1.84. The topological polar surface area (TPSA) is 58.2 Å². The molecule has 3 rings (SSSR count). The molecular weight excluding hydrogens is 399 g/mol. The molecule has 0 aliphatic carbocycles. The van der Waals surface area contributed by atoms with E-state index in [0.29, 0.717) is 17.0 Å². The molecule has 1 aliphatic heterocycles. The summed E-state index contributed by atoms with van der Waals surface area (Å²) < 4.78 is 0.977. The van der Waals surface area contributed by atoms with Crippen molar-refractivity contribution in [3.8, 4) is 0 Å². The molecule has 2 N–H and O–H groups in total. The third-order valence-corrected chi connectivity index (χ3v) is 5.01. The number of halogens is 1. The first-order valence-electron chi connectivity index (χ1n) is 6.26. The number of carbonyl (C=O) groups excluding carboxylic acids is 2. The molecule has 0 fully saturated rings. The molecule has 2 amide bonds. The van der Waals surface area contributed by atoms with Crippen LogP contribution in [0.1, 0.15) is 10.4 Å². The van der Waals surface area contributed by atoms with Crippen LogP contribution in [0.25, 0.3) is 0 Å². The van der Waals surface area contributed by atoms with Gasteiger partial charge in [0.2, 0.25) is 5.91 Å². The van der Waals surface area contributed by atoms with Crippen LogP contribution in [0.2, 0.25) is 0 Å². The minimum atomic E-state index is -0.188. The van der Waals surface area contributed by atoms with Gasteiger partial charge in [-0.25, -0.2) is 0 Å². The van der Waals surface area contributed by atoms with Crippen molar-refractivity contribution >= 4 is 57.5 Å². The molecular formula is C15H11IN2O2S. The highest BCUT2D eigenvalue weighted by Crippen LogP contribution is 2.32. The highest BCUT2D eigenvalue weighted by Gasteiger charge is 2.17. The van der Waals surface area contributed by atoms with E-state index in [1.807, 2.05) is 30.3 Å². The molecule has 0 saturated heterocycles. The summed E-state index contributed by atoms with van der Waals surface area (Å²) in [6, 6.07) is 12.9. The van der Waals surface area contributed by atoms with E-state index >= 15 is 0 Å². The highest BCUT2D eigenvalue weighted by atomic mass is 127. The van der Waals surface area contributed by atoms with Gasteiger partial charge >= 0.3 is 0 Å². The smallest absolute Gasteiger partial charge is 0.255 e. The van der Waals surface area contributed by atoms with Gasteiger partial charge < -0.3 is 10.6 Å². The van der Waals surface area contributed by atoms with Crippen molar-refractivity contribution in [1.29, 1.82) is 0 Å². The van der Waals surface area contributed by atoms with Crippen LogP contribution in [-0.4, -0.2) is 17.6 Å². The second kappa shape index (κ2) is 6.07. The number of fused-ring (bicyclic) bond motifs is 1. The molecule has 6 heteroatoms. The largest absolute Gasteiger partial charge is 0.324 e. The maximum Gasteiger partial charge on any atom is 0.255 e. The fourth-order valence-electron chi connectivity index (χ4n) is 1.98. The first kappa shape index (κ1) is 14.4. The van der Waals surface area contributed by atoms with E-state index in [1.165, 1.54) is 11.8 Å². The Morgan fingerprint density at radius 1 is 1.24 bits per heavy atom. The zero-order chi connectivity index (χ0) is 14.8. The van der Waals surface area contributed by atoms with E-state index in [-0.39, 0.29) is 11.8 Å². The Hall–Kier alpha value is -1.54. The van der Waals surface area contributed by atoms with Gasteiger partial charge in [-0.2, -0.15) is 0 Å². The number of thioether (sulfide) groups is 1. The first-order valence-corrected chi connectivity index (χ1v) is 8.32. The van der Waals surface area contributed by atoms with E-state index in [2.05, 4.69) is 33.2 Å². The summed E-state index contributed by atoms with van der Waals surface area (Å²) in [4.78, 5) is 24.7. The second-order valence-electron chi connectivity index (χ2n) is 4.48. The van der Waals surface area contributed by atoms with Crippen molar-refractivity contribution in [2.24, 2.45) is 0 Å². The number of benzene rings is 2. The number of nitrogens with one attached hydrogen (secondary N) is 2. The van der Waals surface area contributed by atoms with E-state index < -0.39 is 0 Å². The number of hydrogen-bond donors (Lipinski definition) is 2. The Bertz CT molecular complexity index is 733. The molecule has 1 aliphatic rings. The van der Waals surface area contributed by atoms with Crippen molar-refractivity contribution in [3.05, 3.63) is 51.6 Å². The Kier molecular flexibility index (Phi) is 4.16. The lowest BCUT2D eigenvalue weighted by atomic mass is 10.1. The summed E-state index contributed by atoms with van der Waals surface area (Å²) in [6.45, 7) is 0. The minimum Gasteiger partial charge on any atom is -0.324 e. The van der Waals surface area contributed by atoms with Gasteiger partial charge in [0.15, 0.2) is 0 Å². The number of rotatable bonds is 2. The standard InChI is InChI=1S/C15H11IN2O2S/c16-10-3-1-2-4-11(10)18-15(20)9-5-6-13-12(7-9)17-14(19)8-21-13/h1-7H,8H2,(H,17,19)(H,18,20). The van der Waals surface area contributed by atoms with Gasteiger partial charge in [-0.1, -0.05) is 12.1 Å². The first-order chi connectivity index (χ1) is 10.1. The number of hydrogen-bond acceptors (Lipinski definition) is 3. The van der Waals surface area contributed by atoms with Gasteiger partial charge in [0.1, 0.15) is 0 Å². The van der Waals surface area contributed by atoms with Crippen molar-refractivity contribution in [3.63, 3.8) is 0 Å². The summed E-state index contributed by atoms with van der Waals surface area (Å²) in [6.07, 6.45) is 0. The zero-order valence-corrected chi connectivity index (χ0v) is 13.8. The maximum absolute atomic E-state index is 12.3. The maximum atomic E-state index is 12.3. The summed E-state index contributed by atoms with van der Waals surface area (Å²) in [5, 5.41) is 5.67. The number of para-hydroxylation sites is 1. The van der Waals surface area contributed by atoms with E-state index in [4.69, 9.17) is 0 Å². The van der Waals surface area contributed by atoms with Crippen LogP contribution in [-0.2, 0) is 4.79 Å². The third-order valence-electron chi connectivity index (χ3n) is 3.00. The van der Waals surface area contributed by atoms with Crippen molar-refractivity contribution < 1.29 is 9.59 Å². The Morgan fingerprint density at radius 2 is 2.05 bits per heavy atom. The average Bonchev–Trinajstić information content (AvgIpc) is 2.48. The lowest BCUT2D eigenvalue weighted by Gasteiger charge is -2.17. The Morgan fingerprint density at radius 3 is 2.86 bits per heavy atom. The number of amides is 2. The van der Waals surface area contributed by atoms with Crippen LogP contribution >= 0.6 is 34.4 Å². The molecule has 21 heavy (non-hydrogen) atoms. The number of anilines is 2. The molecule has 0 unspecified atom stereocenters. The molecule has 2 aromatic rings. The van der Waals surface area contributed by atoms with Crippen LogP contribution in [0.15, 0.2) is 47.4 Å². The lowest BCUT2D eigenvalue weighted by Crippen LogP contribution is -2.20. The predicted octanol–water partition coefficient (Wildman–Crippen LogP) is 3.59. The van der Waals surface area contributed by atoms with Gasteiger partial charge in [0.25, 0.3) is 5.91 Å². The summed E-state index contributed by atoms with van der Waals surface area (Å²) in [5.74, 6) is 0.190. The lowest BCUT2D eigenvalue weighted by molar-refractivity contribution is -0.113. The monoisotopic (exact) mass is 410 g/mol. The van der Waals surface area contributed by atoms with Crippen LogP contribution in [0, 0.1) is 3.57 Å². The predicted molar refractivity (Wildman–Crippen MR) is 92.9 cm³/mol. The van der Waals surface area contributed by atoms with Gasteiger partial charge in [-0.15, -0.1) is 11.8 Å². The second-order valence-corrected chi connectivity index (χ2v) is 6.66. The number of carbonyl (C=O) groups is 2. The molecule has 0 aromatic heterocycles. The fraction of sp³-hybridized carbons (Fsp3) is 0.0667. The van der Waals surface area contributed by atoms with Gasteiger partial charge in [0, 0.05) is 14.0 Å².